The number of aromatic nitrogens is 1. The van der Waals surface area contributed by atoms with E-state index in [0.29, 0.717) is 5.92 Å². The highest BCUT2D eigenvalue weighted by Crippen LogP contribution is 2.21. The van der Waals surface area contributed by atoms with E-state index in [1.807, 2.05) is 13.8 Å². The molecule has 1 aromatic heterocycles. The third kappa shape index (κ3) is 2.66. The molecule has 1 nitrogen and oxygen atoms in total. The van der Waals surface area contributed by atoms with Crippen LogP contribution in [0.5, 0.6) is 0 Å². The van der Waals surface area contributed by atoms with E-state index < -0.39 is 0 Å². The number of hydrogen-bond acceptors (Lipinski definition) is 0. The first-order valence-corrected chi connectivity index (χ1v) is 6.32. The Labute approximate surface area is 98.9 Å². The molecule has 0 aliphatic heterocycles. The minimum Gasteiger partial charge on any atom is -0.358 e. The van der Waals surface area contributed by atoms with Crippen LogP contribution in [0.2, 0.25) is 0 Å². The summed E-state index contributed by atoms with van der Waals surface area (Å²) < 4.78 is 0. The fourth-order valence-electron chi connectivity index (χ4n) is 1.73. The molecule has 2 rings (SSSR count). The summed E-state index contributed by atoms with van der Waals surface area (Å²) in [7, 11) is 0. The Morgan fingerprint density at radius 3 is 2.38 bits per heavy atom. The van der Waals surface area contributed by atoms with Crippen molar-refractivity contribution in [3.63, 3.8) is 0 Å². The molecule has 0 radical (unpaired) electrons. The highest BCUT2D eigenvalue weighted by Gasteiger charge is 2.04. The second-order valence-corrected chi connectivity index (χ2v) is 4.15. The lowest BCUT2D eigenvalue weighted by atomic mass is 10.1. The van der Waals surface area contributed by atoms with Gasteiger partial charge in [-0.1, -0.05) is 46.8 Å². The van der Waals surface area contributed by atoms with Crippen LogP contribution in [-0.4, -0.2) is 4.98 Å². The number of benzene rings is 1. The summed E-state index contributed by atoms with van der Waals surface area (Å²) in [6.07, 6.45) is 1.10. The van der Waals surface area contributed by atoms with Crippen LogP contribution in [0.3, 0.4) is 0 Å². The van der Waals surface area contributed by atoms with E-state index in [2.05, 4.69) is 50.0 Å². The third-order valence-electron chi connectivity index (χ3n) is 2.74. The molecule has 0 saturated heterocycles. The number of aromatic amines is 1. The van der Waals surface area contributed by atoms with Gasteiger partial charge in [-0.3, -0.25) is 0 Å². The molecule has 0 aliphatic carbocycles. The maximum atomic E-state index is 3.47. The first-order chi connectivity index (χ1) is 7.70. The number of H-pyrrole nitrogens is 1. The Balaban J connectivity index is 0.000000606. The highest BCUT2D eigenvalue weighted by molar-refractivity contribution is 5.81. The maximum Gasteiger partial charge on any atom is 0.0458 e. The van der Waals surface area contributed by atoms with E-state index in [1.54, 1.807) is 0 Å². The summed E-state index contributed by atoms with van der Waals surface area (Å²) in [6.45, 7) is 10.6. The molecule has 0 spiro atoms. The monoisotopic (exact) mass is 217 g/mol. The second kappa shape index (κ2) is 5.74. The number of aryl methyl sites for hydroxylation is 1. The molecule has 1 aromatic carbocycles. The van der Waals surface area contributed by atoms with E-state index in [1.165, 1.54) is 22.2 Å². The van der Waals surface area contributed by atoms with Crippen LogP contribution in [0.1, 0.15) is 51.8 Å². The molecule has 88 valence electrons. The highest BCUT2D eigenvalue weighted by atomic mass is 14.7. The second-order valence-electron chi connectivity index (χ2n) is 4.15. The molecule has 0 bridgehead atoms. The molecular weight excluding hydrogens is 194 g/mol. The molecule has 0 unspecified atom stereocenters. The SMILES string of the molecule is CC.CCc1ccc2cc(C(C)C)[nH]c2c1. The van der Waals surface area contributed by atoms with Crippen molar-refractivity contribution in [3.8, 4) is 0 Å². The number of hydrogen-bond donors (Lipinski definition) is 1. The molecule has 0 saturated carbocycles. The normalized spacial score (nSPS) is 10.4. The lowest BCUT2D eigenvalue weighted by molar-refractivity contribution is 0.836. The van der Waals surface area contributed by atoms with Gasteiger partial charge in [-0.05, 0) is 35.4 Å². The lowest BCUT2D eigenvalue weighted by Gasteiger charge is -1.98. The quantitative estimate of drug-likeness (QED) is 0.738. The summed E-state index contributed by atoms with van der Waals surface area (Å²) >= 11 is 0. The van der Waals surface area contributed by atoms with Gasteiger partial charge in [-0.25, -0.2) is 0 Å². The minimum atomic E-state index is 0.576. The standard InChI is InChI=1S/C13H17N.C2H6/c1-4-10-5-6-11-8-12(9(2)3)14-13(11)7-10;1-2/h5-9,14H,4H2,1-3H3;1-2H3. The van der Waals surface area contributed by atoms with Crippen LogP contribution in [0.4, 0.5) is 0 Å². The molecule has 1 heterocycles. The van der Waals surface area contributed by atoms with E-state index in [4.69, 9.17) is 0 Å². The van der Waals surface area contributed by atoms with Crippen molar-refractivity contribution in [1.29, 1.82) is 0 Å². The van der Waals surface area contributed by atoms with Gasteiger partial charge in [0, 0.05) is 11.2 Å². The summed E-state index contributed by atoms with van der Waals surface area (Å²) in [6, 6.07) is 8.91. The van der Waals surface area contributed by atoms with E-state index in [9.17, 15) is 0 Å². The topological polar surface area (TPSA) is 15.8 Å². The summed E-state index contributed by atoms with van der Waals surface area (Å²) in [5.74, 6) is 0.576. The zero-order valence-corrected chi connectivity index (χ0v) is 11.1. The zero-order chi connectivity index (χ0) is 12.1. The van der Waals surface area contributed by atoms with Crippen LogP contribution in [0.25, 0.3) is 10.9 Å². The first kappa shape index (κ1) is 12.8. The average molecular weight is 217 g/mol. The molecule has 16 heavy (non-hydrogen) atoms. The average Bonchev–Trinajstić information content (AvgIpc) is 2.74. The fourth-order valence-corrected chi connectivity index (χ4v) is 1.73. The third-order valence-corrected chi connectivity index (χ3v) is 2.74. The molecule has 1 N–H and O–H groups in total. The predicted octanol–water partition coefficient (Wildman–Crippen LogP) is 4.88. The molecule has 0 aliphatic rings. The van der Waals surface area contributed by atoms with E-state index in [0.717, 1.165) is 6.42 Å². The van der Waals surface area contributed by atoms with Gasteiger partial charge >= 0.3 is 0 Å². The Morgan fingerprint density at radius 2 is 1.81 bits per heavy atom. The van der Waals surface area contributed by atoms with Crippen molar-refractivity contribution < 1.29 is 0 Å². The van der Waals surface area contributed by atoms with Gasteiger partial charge in [0.15, 0.2) is 0 Å². The van der Waals surface area contributed by atoms with Crippen molar-refractivity contribution in [1.82, 2.24) is 4.98 Å². The van der Waals surface area contributed by atoms with Crippen molar-refractivity contribution in [2.24, 2.45) is 0 Å². The fraction of sp³-hybridized carbons (Fsp3) is 0.467. The molecule has 0 atom stereocenters. The van der Waals surface area contributed by atoms with Crippen LogP contribution in [-0.2, 0) is 6.42 Å². The number of rotatable bonds is 2. The van der Waals surface area contributed by atoms with E-state index >= 15 is 0 Å². The van der Waals surface area contributed by atoms with Crippen LogP contribution >= 0.6 is 0 Å². The molecule has 0 amide bonds. The number of nitrogens with one attached hydrogen (secondary N) is 1. The van der Waals surface area contributed by atoms with Gasteiger partial charge < -0.3 is 4.98 Å². The van der Waals surface area contributed by atoms with Gasteiger partial charge in [0.05, 0.1) is 0 Å². The van der Waals surface area contributed by atoms with Crippen LogP contribution in [0.15, 0.2) is 24.3 Å². The van der Waals surface area contributed by atoms with Crippen molar-refractivity contribution in [3.05, 3.63) is 35.5 Å². The zero-order valence-electron chi connectivity index (χ0n) is 11.1. The van der Waals surface area contributed by atoms with Crippen molar-refractivity contribution >= 4 is 10.9 Å². The minimum absolute atomic E-state index is 0.576. The molecule has 1 heteroatoms. The van der Waals surface area contributed by atoms with E-state index in [-0.39, 0.29) is 0 Å². The van der Waals surface area contributed by atoms with Crippen molar-refractivity contribution in [2.45, 2.75) is 47.0 Å². The molecule has 2 aromatic rings. The van der Waals surface area contributed by atoms with Crippen LogP contribution < -0.4 is 0 Å². The Bertz CT molecular complexity index is 438. The Morgan fingerprint density at radius 1 is 1.12 bits per heavy atom. The smallest absolute Gasteiger partial charge is 0.0458 e. The molecular formula is C15H23N. The first-order valence-electron chi connectivity index (χ1n) is 6.32. The largest absolute Gasteiger partial charge is 0.358 e. The summed E-state index contributed by atoms with van der Waals surface area (Å²) in [5.41, 5.74) is 4.00. The predicted molar refractivity (Wildman–Crippen MR) is 73.1 cm³/mol. The number of fused-ring (bicyclic) bond motifs is 1. The van der Waals surface area contributed by atoms with Gasteiger partial charge in [0.1, 0.15) is 0 Å². The van der Waals surface area contributed by atoms with Crippen LogP contribution in [0, 0.1) is 0 Å². The Kier molecular flexibility index (Phi) is 4.60. The van der Waals surface area contributed by atoms with Gasteiger partial charge in [-0.15, -0.1) is 0 Å². The van der Waals surface area contributed by atoms with Crippen molar-refractivity contribution in [2.75, 3.05) is 0 Å². The summed E-state index contributed by atoms with van der Waals surface area (Å²) in [5, 5.41) is 1.32. The molecule has 0 fully saturated rings. The lowest BCUT2D eigenvalue weighted by Crippen LogP contribution is -1.84. The maximum absolute atomic E-state index is 3.47. The van der Waals surface area contributed by atoms with Gasteiger partial charge in [-0.2, -0.15) is 0 Å². The van der Waals surface area contributed by atoms with Gasteiger partial charge in [0.25, 0.3) is 0 Å². The summed E-state index contributed by atoms with van der Waals surface area (Å²) in [4.78, 5) is 3.47. The Hall–Kier alpha value is -1.24. The van der Waals surface area contributed by atoms with Gasteiger partial charge in [0.2, 0.25) is 0 Å².